The number of carbonyl (C=O) groups excluding carboxylic acids is 3. The summed E-state index contributed by atoms with van der Waals surface area (Å²) in [5, 5.41) is 2.79. The van der Waals surface area contributed by atoms with Crippen LogP contribution in [0, 0.1) is 18.7 Å². The highest BCUT2D eigenvalue weighted by molar-refractivity contribution is 5.90. The quantitative estimate of drug-likeness (QED) is 0.808. The van der Waals surface area contributed by atoms with E-state index in [9.17, 15) is 18.8 Å². The molecule has 0 bridgehead atoms. The Hall–Kier alpha value is -2.84. The standard InChI is InChI=1S/C21H28FN3O5/c1-13-5-6-15(9-17(13)22)25-12-16(29-20(25)28)10-23-18(26)14-7-8-24(11-14)19(27)30-21(2,3)4/h5-6,9,14,16H,7-8,10-12H2,1-4H3,(H,23,26)/t14-,16+/m0/s1. The van der Waals surface area contributed by atoms with Gasteiger partial charge in [0.1, 0.15) is 17.5 Å². The molecule has 0 spiro atoms. The van der Waals surface area contributed by atoms with Crippen LogP contribution < -0.4 is 10.2 Å². The van der Waals surface area contributed by atoms with Crippen LogP contribution in [0.2, 0.25) is 0 Å². The van der Waals surface area contributed by atoms with Gasteiger partial charge in [-0.3, -0.25) is 9.69 Å². The second-order valence-corrected chi connectivity index (χ2v) is 8.71. The Morgan fingerprint density at radius 1 is 1.30 bits per heavy atom. The largest absolute Gasteiger partial charge is 0.444 e. The van der Waals surface area contributed by atoms with E-state index in [1.165, 1.54) is 15.9 Å². The number of ether oxygens (including phenoxy) is 2. The number of hydrogen-bond donors (Lipinski definition) is 1. The van der Waals surface area contributed by atoms with E-state index in [1.54, 1.807) is 39.8 Å². The Balaban J connectivity index is 1.48. The summed E-state index contributed by atoms with van der Waals surface area (Å²) in [6, 6.07) is 4.55. The summed E-state index contributed by atoms with van der Waals surface area (Å²) in [6.07, 6.45) is -0.989. The zero-order chi connectivity index (χ0) is 22.1. The van der Waals surface area contributed by atoms with Crippen molar-refractivity contribution >= 4 is 23.8 Å². The highest BCUT2D eigenvalue weighted by atomic mass is 19.1. The number of likely N-dealkylation sites (tertiary alicyclic amines) is 1. The van der Waals surface area contributed by atoms with E-state index < -0.39 is 29.7 Å². The third-order valence-corrected chi connectivity index (χ3v) is 5.06. The molecule has 3 amide bonds. The van der Waals surface area contributed by atoms with E-state index in [0.717, 1.165) is 0 Å². The van der Waals surface area contributed by atoms with Crippen LogP contribution in [0.1, 0.15) is 32.8 Å². The molecular formula is C21H28FN3O5. The maximum Gasteiger partial charge on any atom is 0.414 e. The average molecular weight is 421 g/mol. The molecule has 30 heavy (non-hydrogen) atoms. The number of rotatable bonds is 4. The molecule has 8 nitrogen and oxygen atoms in total. The highest BCUT2D eigenvalue weighted by Crippen LogP contribution is 2.24. The van der Waals surface area contributed by atoms with Crippen LogP contribution in [0.5, 0.6) is 0 Å². The van der Waals surface area contributed by atoms with Crippen LogP contribution in [-0.4, -0.2) is 60.9 Å². The normalized spacial score (nSPS) is 21.6. The first-order chi connectivity index (χ1) is 14.0. The molecular weight excluding hydrogens is 393 g/mol. The molecule has 0 aromatic heterocycles. The molecule has 0 radical (unpaired) electrons. The molecule has 2 fully saturated rings. The Morgan fingerprint density at radius 3 is 2.70 bits per heavy atom. The van der Waals surface area contributed by atoms with Gasteiger partial charge in [0.05, 0.1) is 24.7 Å². The lowest BCUT2D eigenvalue weighted by Crippen LogP contribution is -2.40. The minimum atomic E-state index is -0.587. The van der Waals surface area contributed by atoms with Crippen LogP contribution in [0.15, 0.2) is 18.2 Å². The Morgan fingerprint density at radius 2 is 2.03 bits per heavy atom. The number of nitrogens with one attached hydrogen (secondary N) is 1. The van der Waals surface area contributed by atoms with Gasteiger partial charge >= 0.3 is 12.2 Å². The third kappa shape index (κ3) is 5.20. The summed E-state index contributed by atoms with van der Waals surface area (Å²) < 4.78 is 24.4. The number of anilines is 1. The first-order valence-corrected chi connectivity index (χ1v) is 10.0. The number of benzene rings is 1. The fraction of sp³-hybridized carbons (Fsp3) is 0.571. The van der Waals surface area contributed by atoms with Crippen molar-refractivity contribution in [1.29, 1.82) is 0 Å². The predicted molar refractivity (Wildman–Crippen MR) is 108 cm³/mol. The number of halogens is 1. The molecule has 0 aliphatic carbocycles. The van der Waals surface area contributed by atoms with Gasteiger partial charge in [-0.2, -0.15) is 0 Å². The van der Waals surface area contributed by atoms with Crippen molar-refractivity contribution in [3.8, 4) is 0 Å². The molecule has 0 unspecified atom stereocenters. The van der Waals surface area contributed by atoms with Crippen molar-refractivity contribution in [2.75, 3.05) is 31.1 Å². The number of carbonyl (C=O) groups is 3. The van der Waals surface area contributed by atoms with E-state index in [2.05, 4.69) is 5.32 Å². The fourth-order valence-electron chi connectivity index (χ4n) is 3.41. The van der Waals surface area contributed by atoms with Gasteiger partial charge in [0.2, 0.25) is 5.91 Å². The zero-order valence-electron chi connectivity index (χ0n) is 17.7. The minimum Gasteiger partial charge on any atom is -0.444 e. The van der Waals surface area contributed by atoms with Gasteiger partial charge in [-0.15, -0.1) is 0 Å². The lowest BCUT2D eigenvalue weighted by atomic mass is 10.1. The van der Waals surface area contributed by atoms with Crippen LogP contribution in [0.25, 0.3) is 0 Å². The van der Waals surface area contributed by atoms with Gasteiger partial charge in [0.15, 0.2) is 0 Å². The Kier molecular flexibility index (Phi) is 6.19. The number of nitrogens with zero attached hydrogens (tertiary/aromatic N) is 2. The zero-order valence-corrected chi connectivity index (χ0v) is 17.7. The van der Waals surface area contributed by atoms with Gasteiger partial charge < -0.3 is 19.7 Å². The molecule has 0 saturated carbocycles. The Labute approximate surface area is 175 Å². The second-order valence-electron chi connectivity index (χ2n) is 8.71. The van der Waals surface area contributed by atoms with Crippen LogP contribution in [-0.2, 0) is 14.3 Å². The number of hydrogen-bond acceptors (Lipinski definition) is 5. The predicted octanol–water partition coefficient (Wildman–Crippen LogP) is 2.83. The van der Waals surface area contributed by atoms with Crippen LogP contribution >= 0.6 is 0 Å². The van der Waals surface area contributed by atoms with Gasteiger partial charge in [-0.1, -0.05) is 6.07 Å². The first-order valence-electron chi connectivity index (χ1n) is 10.0. The molecule has 2 aliphatic rings. The summed E-state index contributed by atoms with van der Waals surface area (Å²) in [7, 11) is 0. The molecule has 3 rings (SSSR count). The van der Waals surface area contributed by atoms with Crippen LogP contribution in [0.3, 0.4) is 0 Å². The van der Waals surface area contributed by atoms with Crippen molar-refractivity contribution in [1.82, 2.24) is 10.2 Å². The van der Waals surface area contributed by atoms with Crippen molar-refractivity contribution in [2.24, 2.45) is 5.92 Å². The monoisotopic (exact) mass is 421 g/mol. The lowest BCUT2D eigenvalue weighted by molar-refractivity contribution is -0.124. The molecule has 2 heterocycles. The summed E-state index contributed by atoms with van der Waals surface area (Å²) in [6.45, 7) is 8.15. The van der Waals surface area contributed by atoms with Gasteiger partial charge in [0.25, 0.3) is 0 Å². The molecule has 1 aromatic carbocycles. The molecule has 1 aromatic rings. The van der Waals surface area contributed by atoms with Crippen molar-refractivity contribution in [3.05, 3.63) is 29.6 Å². The molecule has 2 saturated heterocycles. The van der Waals surface area contributed by atoms with Gasteiger partial charge in [0, 0.05) is 13.1 Å². The van der Waals surface area contributed by atoms with Crippen LogP contribution in [0.4, 0.5) is 19.7 Å². The summed E-state index contributed by atoms with van der Waals surface area (Å²) in [5.41, 5.74) is 0.323. The van der Waals surface area contributed by atoms with E-state index in [4.69, 9.17) is 9.47 Å². The minimum absolute atomic E-state index is 0.151. The molecule has 1 N–H and O–H groups in total. The highest BCUT2D eigenvalue weighted by Gasteiger charge is 2.36. The average Bonchev–Trinajstić information content (AvgIpc) is 3.28. The third-order valence-electron chi connectivity index (χ3n) is 5.06. The van der Waals surface area contributed by atoms with Crippen molar-refractivity contribution in [2.45, 2.75) is 45.8 Å². The first kappa shape index (κ1) is 21.9. The molecule has 2 aliphatic heterocycles. The van der Waals surface area contributed by atoms with Crippen molar-refractivity contribution < 1.29 is 28.2 Å². The van der Waals surface area contributed by atoms with Crippen molar-refractivity contribution in [3.63, 3.8) is 0 Å². The SMILES string of the molecule is Cc1ccc(N2C[C@@H](CNC(=O)[C@H]3CCN(C(=O)OC(C)(C)C)C3)OC2=O)cc1F. The lowest BCUT2D eigenvalue weighted by Gasteiger charge is -2.24. The van der Waals surface area contributed by atoms with Gasteiger partial charge in [-0.25, -0.2) is 14.0 Å². The molecule has 9 heteroatoms. The summed E-state index contributed by atoms with van der Waals surface area (Å²) in [4.78, 5) is 39.6. The molecule has 164 valence electrons. The maximum atomic E-state index is 13.8. The topological polar surface area (TPSA) is 88.2 Å². The summed E-state index contributed by atoms with van der Waals surface area (Å²) >= 11 is 0. The summed E-state index contributed by atoms with van der Waals surface area (Å²) in [5.74, 6) is -0.929. The fourth-order valence-corrected chi connectivity index (χ4v) is 3.41. The second kappa shape index (κ2) is 8.49. The Bertz CT molecular complexity index is 838. The van der Waals surface area contributed by atoms with E-state index in [1.807, 2.05) is 0 Å². The number of cyclic esters (lactones) is 1. The smallest absolute Gasteiger partial charge is 0.414 e. The number of aryl methyl sites for hydroxylation is 1. The molecule has 2 atom stereocenters. The van der Waals surface area contributed by atoms with E-state index >= 15 is 0 Å². The van der Waals surface area contributed by atoms with E-state index in [-0.39, 0.29) is 24.9 Å². The van der Waals surface area contributed by atoms with Gasteiger partial charge in [-0.05, 0) is 51.8 Å². The maximum absolute atomic E-state index is 13.8. The number of amides is 3. The van der Waals surface area contributed by atoms with E-state index in [0.29, 0.717) is 30.8 Å².